The predicted octanol–water partition coefficient (Wildman–Crippen LogP) is 1.96. The smallest absolute Gasteiger partial charge is 0.407 e. The highest BCUT2D eigenvalue weighted by atomic mass is 32.2. The molecule has 0 spiro atoms. The quantitative estimate of drug-likeness (QED) is 0.416. The number of aliphatic carboxylic acids is 1. The van der Waals surface area contributed by atoms with Crippen LogP contribution < -0.4 is 16.0 Å². The highest BCUT2D eigenvalue weighted by Gasteiger charge is 2.41. The largest absolute Gasteiger partial charge is 0.481 e. The molecule has 0 radical (unpaired) electrons. The molecule has 1 fully saturated rings. The summed E-state index contributed by atoms with van der Waals surface area (Å²) in [6.07, 6.45) is 1.41. The van der Waals surface area contributed by atoms with E-state index >= 15 is 0 Å². The normalized spacial score (nSPS) is 19.3. The van der Waals surface area contributed by atoms with E-state index in [2.05, 4.69) is 16.0 Å². The molecule has 9 nitrogen and oxygen atoms in total. The standard InChI is InChI=1S/C25H27N3O6S/c1-35-11-10-20(22(29)28-21-18(24(31)32)12-26-23(21)30)27-25(33)34-13-19-16-8-4-2-6-14(16)15-7-3-5-9-17(15)19/h2-9,18-21H,10-13H2,1H3,(H,26,30)(H,27,33)(H,28,29)(H,31,32)/t18?,20-,21?/m1/s1. The first-order valence-electron chi connectivity index (χ1n) is 11.3. The van der Waals surface area contributed by atoms with E-state index in [1.165, 1.54) is 11.8 Å². The molecule has 4 N–H and O–H groups in total. The van der Waals surface area contributed by atoms with Gasteiger partial charge in [-0.2, -0.15) is 11.8 Å². The van der Waals surface area contributed by atoms with Crippen LogP contribution in [-0.4, -0.2) is 66.2 Å². The average molecular weight is 498 g/mol. The SMILES string of the molecule is CSCC[C@@H](NC(=O)OCC1c2ccccc2-c2ccccc21)C(=O)NC1C(=O)NCC1C(=O)O. The van der Waals surface area contributed by atoms with Crippen LogP contribution in [0.15, 0.2) is 48.5 Å². The van der Waals surface area contributed by atoms with Crippen LogP contribution in [0.4, 0.5) is 4.79 Å². The summed E-state index contributed by atoms with van der Waals surface area (Å²) in [5, 5.41) is 16.8. The fourth-order valence-corrected chi connectivity index (χ4v) is 5.03. The molecule has 2 aliphatic rings. The second kappa shape index (κ2) is 10.8. The average Bonchev–Trinajstić information content (AvgIpc) is 3.38. The van der Waals surface area contributed by atoms with Gasteiger partial charge in [0.1, 0.15) is 24.6 Å². The lowest BCUT2D eigenvalue weighted by atomic mass is 9.98. The number of benzene rings is 2. The topological polar surface area (TPSA) is 134 Å². The third-order valence-corrected chi connectivity index (χ3v) is 7.00. The van der Waals surface area contributed by atoms with Gasteiger partial charge in [0.2, 0.25) is 11.8 Å². The lowest BCUT2D eigenvalue weighted by Gasteiger charge is -2.22. The Labute approximate surface area is 207 Å². The van der Waals surface area contributed by atoms with Crippen molar-refractivity contribution in [2.24, 2.45) is 5.92 Å². The lowest BCUT2D eigenvalue weighted by molar-refractivity contribution is -0.143. The van der Waals surface area contributed by atoms with E-state index in [9.17, 15) is 24.3 Å². The molecule has 0 saturated carbocycles. The summed E-state index contributed by atoms with van der Waals surface area (Å²) in [5.74, 6) is -2.98. The van der Waals surface area contributed by atoms with Crippen LogP contribution in [0.25, 0.3) is 11.1 Å². The molecule has 1 aliphatic heterocycles. The van der Waals surface area contributed by atoms with Gasteiger partial charge in [0.25, 0.3) is 0 Å². The molecule has 10 heteroatoms. The first-order chi connectivity index (χ1) is 16.9. The molecule has 35 heavy (non-hydrogen) atoms. The minimum absolute atomic E-state index is 0.0611. The van der Waals surface area contributed by atoms with Crippen molar-refractivity contribution in [2.45, 2.75) is 24.4 Å². The summed E-state index contributed by atoms with van der Waals surface area (Å²) in [6.45, 7) is 0.0389. The van der Waals surface area contributed by atoms with Crippen LogP contribution in [0.3, 0.4) is 0 Å². The molecule has 1 heterocycles. The first-order valence-corrected chi connectivity index (χ1v) is 12.7. The highest BCUT2D eigenvalue weighted by Crippen LogP contribution is 2.44. The number of carboxylic acid groups (broad SMARTS) is 1. The number of amides is 3. The van der Waals surface area contributed by atoms with E-state index in [0.29, 0.717) is 12.2 Å². The van der Waals surface area contributed by atoms with Crippen molar-refractivity contribution in [1.82, 2.24) is 16.0 Å². The molecule has 0 aromatic heterocycles. The maximum absolute atomic E-state index is 12.9. The van der Waals surface area contributed by atoms with Gasteiger partial charge in [-0.05, 0) is 40.7 Å². The summed E-state index contributed by atoms with van der Waals surface area (Å²) in [7, 11) is 0. The molecule has 2 aromatic carbocycles. The van der Waals surface area contributed by atoms with Crippen LogP contribution in [0.1, 0.15) is 23.5 Å². The van der Waals surface area contributed by atoms with Crippen LogP contribution in [0, 0.1) is 5.92 Å². The highest BCUT2D eigenvalue weighted by molar-refractivity contribution is 7.98. The van der Waals surface area contributed by atoms with Crippen LogP contribution in [0.5, 0.6) is 0 Å². The second-order valence-electron chi connectivity index (χ2n) is 8.48. The van der Waals surface area contributed by atoms with Crippen molar-refractivity contribution in [3.8, 4) is 11.1 Å². The predicted molar refractivity (Wildman–Crippen MR) is 131 cm³/mol. The van der Waals surface area contributed by atoms with E-state index in [0.717, 1.165) is 22.3 Å². The van der Waals surface area contributed by atoms with E-state index in [4.69, 9.17) is 4.74 Å². The molecule has 184 valence electrons. The molecule has 2 aromatic rings. The molecular weight excluding hydrogens is 470 g/mol. The number of carboxylic acids is 1. The minimum atomic E-state index is -1.19. The van der Waals surface area contributed by atoms with E-state index in [-0.39, 0.29) is 19.1 Å². The Morgan fingerprint density at radius 1 is 1.11 bits per heavy atom. The number of alkyl carbamates (subject to hydrolysis) is 1. The Bertz CT molecular complexity index is 1090. The number of rotatable bonds is 9. The zero-order valence-electron chi connectivity index (χ0n) is 19.2. The number of ether oxygens (including phenoxy) is 1. The first kappa shape index (κ1) is 24.6. The Kier molecular flexibility index (Phi) is 7.60. The number of thioether (sulfide) groups is 1. The van der Waals surface area contributed by atoms with E-state index in [1.807, 2.05) is 54.8 Å². The van der Waals surface area contributed by atoms with Crippen molar-refractivity contribution >= 4 is 35.6 Å². The van der Waals surface area contributed by atoms with Crippen LogP contribution in [0.2, 0.25) is 0 Å². The van der Waals surface area contributed by atoms with Gasteiger partial charge in [0.05, 0.1) is 0 Å². The molecule has 2 unspecified atom stereocenters. The van der Waals surface area contributed by atoms with Gasteiger partial charge < -0.3 is 25.8 Å². The van der Waals surface area contributed by atoms with Crippen molar-refractivity contribution in [2.75, 3.05) is 25.2 Å². The molecule has 0 bridgehead atoms. The number of hydrogen-bond donors (Lipinski definition) is 4. The molecule has 1 aliphatic carbocycles. The monoisotopic (exact) mass is 497 g/mol. The van der Waals surface area contributed by atoms with Gasteiger partial charge in [0.15, 0.2) is 0 Å². The van der Waals surface area contributed by atoms with Gasteiger partial charge in [-0.25, -0.2) is 4.79 Å². The van der Waals surface area contributed by atoms with Crippen molar-refractivity contribution in [1.29, 1.82) is 0 Å². The molecule has 1 saturated heterocycles. The third-order valence-electron chi connectivity index (χ3n) is 6.36. The van der Waals surface area contributed by atoms with E-state index in [1.54, 1.807) is 0 Å². The Morgan fingerprint density at radius 3 is 2.34 bits per heavy atom. The van der Waals surface area contributed by atoms with Gasteiger partial charge in [-0.3, -0.25) is 14.4 Å². The van der Waals surface area contributed by atoms with Gasteiger partial charge >= 0.3 is 12.1 Å². The zero-order chi connectivity index (χ0) is 24.9. The lowest BCUT2D eigenvalue weighted by Crippen LogP contribution is -2.53. The summed E-state index contributed by atoms with van der Waals surface area (Å²) >= 11 is 1.50. The van der Waals surface area contributed by atoms with Crippen molar-refractivity contribution in [3.63, 3.8) is 0 Å². The van der Waals surface area contributed by atoms with Crippen LogP contribution in [-0.2, 0) is 19.1 Å². The fourth-order valence-electron chi connectivity index (χ4n) is 4.56. The number of nitrogens with one attached hydrogen (secondary N) is 3. The summed E-state index contributed by atoms with van der Waals surface area (Å²) in [6, 6.07) is 13.8. The maximum atomic E-state index is 12.9. The number of carbonyl (C=O) groups excluding carboxylic acids is 3. The maximum Gasteiger partial charge on any atom is 0.407 e. The summed E-state index contributed by atoms with van der Waals surface area (Å²) in [5.41, 5.74) is 4.37. The third kappa shape index (κ3) is 5.27. The number of hydrogen-bond acceptors (Lipinski definition) is 6. The molecule has 4 rings (SSSR count). The van der Waals surface area contributed by atoms with E-state index < -0.39 is 41.9 Å². The van der Waals surface area contributed by atoms with Gasteiger partial charge in [-0.15, -0.1) is 0 Å². The molecule has 3 atom stereocenters. The minimum Gasteiger partial charge on any atom is -0.481 e. The zero-order valence-corrected chi connectivity index (χ0v) is 20.0. The Morgan fingerprint density at radius 2 is 1.74 bits per heavy atom. The van der Waals surface area contributed by atoms with Crippen molar-refractivity contribution in [3.05, 3.63) is 59.7 Å². The van der Waals surface area contributed by atoms with Crippen molar-refractivity contribution < 1.29 is 29.0 Å². The summed E-state index contributed by atoms with van der Waals surface area (Å²) in [4.78, 5) is 49.0. The fraction of sp³-hybridized carbons (Fsp3) is 0.360. The van der Waals surface area contributed by atoms with Gasteiger partial charge in [-0.1, -0.05) is 48.5 Å². The molecular formula is C25H27N3O6S. The number of carbonyl (C=O) groups is 4. The van der Waals surface area contributed by atoms with Gasteiger partial charge in [0, 0.05) is 12.5 Å². The molecule has 3 amide bonds. The Balaban J connectivity index is 1.41. The van der Waals surface area contributed by atoms with Crippen LogP contribution >= 0.6 is 11.8 Å². The Hall–Kier alpha value is -3.53. The summed E-state index contributed by atoms with van der Waals surface area (Å²) < 4.78 is 5.54. The number of fused-ring (bicyclic) bond motifs is 3. The second-order valence-corrected chi connectivity index (χ2v) is 9.47.